The van der Waals surface area contributed by atoms with Crippen LogP contribution in [0.1, 0.15) is 11.5 Å². The van der Waals surface area contributed by atoms with E-state index in [0.717, 1.165) is 9.99 Å². The third-order valence-electron chi connectivity index (χ3n) is 1.97. The van der Waals surface area contributed by atoms with E-state index in [9.17, 15) is 0 Å². The highest BCUT2D eigenvalue weighted by atomic mass is 79.9. The van der Waals surface area contributed by atoms with Crippen molar-refractivity contribution in [3.63, 3.8) is 0 Å². The van der Waals surface area contributed by atoms with Crippen molar-refractivity contribution in [2.75, 3.05) is 0 Å². The summed E-state index contributed by atoms with van der Waals surface area (Å²) < 4.78 is 2.74. The predicted molar refractivity (Wildman–Crippen MR) is 55.5 cm³/mol. The van der Waals surface area contributed by atoms with Crippen LogP contribution in [-0.4, -0.2) is 9.38 Å². The molecular formula is C9H7BrN4. The topological polar surface area (TPSA) is 67.1 Å². The van der Waals surface area contributed by atoms with Gasteiger partial charge in [0.05, 0.1) is 12.1 Å². The minimum absolute atomic E-state index is 0.324. The Morgan fingerprint density at radius 3 is 3.07 bits per heavy atom. The maximum atomic E-state index is 8.85. The molecule has 2 aromatic heterocycles. The summed E-state index contributed by atoms with van der Waals surface area (Å²) in [5.41, 5.74) is 6.71. The van der Waals surface area contributed by atoms with Crippen molar-refractivity contribution in [3.05, 3.63) is 34.3 Å². The van der Waals surface area contributed by atoms with Crippen LogP contribution in [0.15, 0.2) is 22.8 Å². The number of nitrogens with two attached hydrogens (primary N) is 1. The molecule has 2 heterocycles. The van der Waals surface area contributed by atoms with E-state index in [0.29, 0.717) is 18.1 Å². The molecule has 0 atom stereocenters. The lowest BCUT2D eigenvalue weighted by Gasteiger charge is -1.97. The minimum Gasteiger partial charge on any atom is -0.324 e. The molecule has 5 heteroatoms. The summed E-state index contributed by atoms with van der Waals surface area (Å²) in [4.78, 5) is 4.12. The maximum Gasteiger partial charge on any atom is 0.166 e. The van der Waals surface area contributed by atoms with E-state index in [1.54, 1.807) is 0 Å². The highest BCUT2D eigenvalue weighted by Crippen LogP contribution is 2.17. The van der Waals surface area contributed by atoms with Gasteiger partial charge in [-0.1, -0.05) is 15.9 Å². The second-order valence-corrected chi connectivity index (χ2v) is 3.71. The molecule has 0 unspecified atom stereocenters. The van der Waals surface area contributed by atoms with E-state index in [1.165, 1.54) is 0 Å². The van der Waals surface area contributed by atoms with E-state index in [1.807, 2.05) is 28.8 Å². The van der Waals surface area contributed by atoms with E-state index < -0.39 is 0 Å². The van der Waals surface area contributed by atoms with Gasteiger partial charge in [0, 0.05) is 10.7 Å². The third kappa shape index (κ3) is 1.29. The zero-order chi connectivity index (χ0) is 10.1. The van der Waals surface area contributed by atoms with Gasteiger partial charge in [-0.25, -0.2) is 4.98 Å². The molecule has 2 aromatic rings. The van der Waals surface area contributed by atoms with Crippen LogP contribution in [0.5, 0.6) is 0 Å². The van der Waals surface area contributed by atoms with Crippen molar-refractivity contribution < 1.29 is 0 Å². The Morgan fingerprint density at radius 1 is 1.64 bits per heavy atom. The highest BCUT2D eigenvalue weighted by molar-refractivity contribution is 9.10. The summed E-state index contributed by atoms with van der Waals surface area (Å²) in [7, 11) is 0. The van der Waals surface area contributed by atoms with Crippen LogP contribution in [0.2, 0.25) is 0 Å². The monoisotopic (exact) mass is 250 g/mol. The Labute approximate surface area is 89.1 Å². The first-order chi connectivity index (χ1) is 6.76. The van der Waals surface area contributed by atoms with Gasteiger partial charge in [0.1, 0.15) is 11.9 Å². The van der Waals surface area contributed by atoms with Gasteiger partial charge in [-0.15, -0.1) is 0 Å². The zero-order valence-corrected chi connectivity index (χ0v) is 8.82. The largest absolute Gasteiger partial charge is 0.324 e. The average Bonchev–Trinajstić information content (AvgIpc) is 2.55. The first-order valence-electron chi connectivity index (χ1n) is 4.03. The van der Waals surface area contributed by atoms with Crippen LogP contribution in [0, 0.1) is 11.3 Å². The summed E-state index contributed by atoms with van der Waals surface area (Å²) in [5, 5.41) is 8.85. The molecule has 0 fully saturated rings. The quantitative estimate of drug-likeness (QED) is 0.833. The van der Waals surface area contributed by atoms with Crippen LogP contribution in [-0.2, 0) is 6.54 Å². The van der Waals surface area contributed by atoms with E-state index in [2.05, 4.69) is 20.9 Å². The number of hydrogen-bond acceptors (Lipinski definition) is 3. The minimum atomic E-state index is 0.324. The Bertz CT molecular complexity index is 523. The molecule has 0 spiro atoms. The van der Waals surface area contributed by atoms with Crippen LogP contribution in [0.3, 0.4) is 0 Å². The zero-order valence-electron chi connectivity index (χ0n) is 7.24. The number of nitriles is 1. The number of nitrogens with zero attached hydrogens (tertiary/aromatic N) is 3. The number of aromatic nitrogens is 2. The van der Waals surface area contributed by atoms with Gasteiger partial charge in [0.2, 0.25) is 0 Å². The molecule has 0 aromatic carbocycles. The summed E-state index contributed by atoms with van der Waals surface area (Å²) >= 11 is 3.35. The van der Waals surface area contributed by atoms with Crippen molar-refractivity contribution >= 4 is 21.4 Å². The summed E-state index contributed by atoms with van der Waals surface area (Å²) in [6.07, 6.45) is 1.84. The van der Waals surface area contributed by atoms with Crippen LogP contribution < -0.4 is 5.73 Å². The molecule has 0 saturated carbocycles. The van der Waals surface area contributed by atoms with Crippen molar-refractivity contribution in [2.45, 2.75) is 6.54 Å². The van der Waals surface area contributed by atoms with Gasteiger partial charge in [-0.3, -0.25) is 0 Å². The molecule has 0 radical (unpaired) electrons. The molecule has 0 aliphatic rings. The molecule has 4 nitrogen and oxygen atoms in total. The summed E-state index contributed by atoms with van der Waals surface area (Å²) in [6.45, 7) is 0.324. The van der Waals surface area contributed by atoms with E-state index in [-0.39, 0.29) is 0 Å². The number of hydrogen-bond donors (Lipinski definition) is 1. The lowest BCUT2D eigenvalue weighted by Crippen LogP contribution is -2.01. The molecule has 0 amide bonds. The fourth-order valence-electron chi connectivity index (χ4n) is 1.35. The van der Waals surface area contributed by atoms with Gasteiger partial charge in [0.15, 0.2) is 5.69 Å². The molecule has 0 aliphatic heterocycles. The molecule has 70 valence electrons. The number of fused-ring (bicyclic) bond motifs is 1. The number of imidazole rings is 1. The van der Waals surface area contributed by atoms with Gasteiger partial charge in [-0.2, -0.15) is 5.26 Å². The normalized spacial score (nSPS) is 10.4. The lowest BCUT2D eigenvalue weighted by molar-refractivity contribution is 0.901. The number of rotatable bonds is 1. The fraction of sp³-hybridized carbons (Fsp3) is 0.111. The Balaban J connectivity index is 2.84. The average molecular weight is 251 g/mol. The van der Waals surface area contributed by atoms with Gasteiger partial charge >= 0.3 is 0 Å². The predicted octanol–water partition coefficient (Wildman–Crippen LogP) is 1.43. The van der Waals surface area contributed by atoms with Crippen molar-refractivity contribution in [3.8, 4) is 6.07 Å². The van der Waals surface area contributed by atoms with E-state index in [4.69, 9.17) is 11.0 Å². The first kappa shape index (κ1) is 9.19. The molecule has 14 heavy (non-hydrogen) atoms. The second kappa shape index (κ2) is 3.40. The van der Waals surface area contributed by atoms with Crippen molar-refractivity contribution in [1.29, 1.82) is 5.26 Å². The molecule has 0 bridgehead atoms. The highest BCUT2D eigenvalue weighted by Gasteiger charge is 2.08. The summed E-state index contributed by atoms with van der Waals surface area (Å²) in [6, 6.07) is 5.78. The summed E-state index contributed by atoms with van der Waals surface area (Å²) in [5.74, 6) is 0.698. The second-order valence-electron chi connectivity index (χ2n) is 2.79. The number of pyridine rings is 1. The number of halogens is 1. The van der Waals surface area contributed by atoms with Crippen LogP contribution in [0.4, 0.5) is 0 Å². The Morgan fingerprint density at radius 2 is 2.43 bits per heavy atom. The SMILES string of the molecule is N#Cc1nc(CN)n2ccc(Br)cc12. The van der Waals surface area contributed by atoms with E-state index >= 15 is 0 Å². The van der Waals surface area contributed by atoms with Gasteiger partial charge in [-0.05, 0) is 12.1 Å². The molecule has 2 N–H and O–H groups in total. The van der Waals surface area contributed by atoms with Gasteiger partial charge in [0.25, 0.3) is 0 Å². The molecule has 0 aliphatic carbocycles. The third-order valence-corrected chi connectivity index (χ3v) is 2.46. The Hall–Kier alpha value is -1.38. The fourth-order valence-corrected chi connectivity index (χ4v) is 1.68. The molecule has 2 rings (SSSR count). The van der Waals surface area contributed by atoms with Crippen molar-refractivity contribution in [2.24, 2.45) is 5.73 Å². The molecular weight excluding hydrogens is 244 g/mol. The van der Waals surface area contributed by atoms with Crippen LogP contribution >= 0.6 is 15.9 Å². The van der Waals surface area contributed by atoms with Gasteiger partial charge < -0.3 is 10.1 Å². The lowest BCUT2D eigenvalue weighted by atomic mass is 10.3. The first-order valence-corrected chi connectivity index (χ1v) is 4.82. The Kier molecular flexibility index (Phi) is 2.23. The standard InChI is InChI=1S/C9H7BrN4/c10-6-1-2-14-8(3-6)7(4-11)13-9(14)5-12/h1-3H,5,12H2. The molecule has 0 saturated heterocycles. The smallest absolute Gasteiger partial charge is 0.166 e. The maximum absolute atomic E-state index is 8.85. The van der Waals surface area contributed by atoms with Crippen LogP contribution in [0.25, 0.3) is 5.52 Å². The van der Waals surface area contributed by atoms with Crippen molar-refractivity contribution in [1.82, 2.24) is 9.38 Å².